The van der Waals surface area contributed by atoms with Gasteiger partial charge in [-0.3, -0.25) is 9.69 Å². The quantitative estimate of drug-likeness (QED) is 0.883. The van der Waals surface area contributed by atoms with E-state index in [4.69, 9.17) is 14.2 Å². The third-order valence-corrected chi connectivity index (χ3v) is 4.77. The number of nitrogens with one attached hydrogen (secondary N) is 1. The first-order chi connectivity index (χ1) is 12.0. The molecular formula is C19H28N2O4. The standard InChI is InChI=1S/C19H28N2O4/c1-19(2)13-16(15-5-4-14(23-3)12-17(15)25-19)20-18(22)6-7-21-8-10-24-11-9-21/h4-5,12,16H,6-11,13H2,1-3H3,(H,20,22)/t16-/m0/s1. The van der Waals surface area contributed by atoms with Gasteiger partial charge in [-0.05, 0) is 26.0 Å². The number of amides is 1. The van der Waals surface area contributed by atoms with E-state index in [1.807, 2.05) is 32.0 Å². The van der Waals surface area contributed by atoms with E-state index in [0.29, 0.717) is 6.42 Å². The van der Waals surface area contributed by atoms with Crippen LogP contribution in [0.1, 0.15) is 38.3 Å². The smallest absolute Gasteiger partial charge is 0.221 e. The lowest BCUT2D eigenvalue weighted by Gasteiger charge is -2.38. The van der Waals surface area contributed by atoms with Crippen LogP contribution in [0, 0.1) is 0 Å². The van der Waals surface area contributed by atoms with Crippen LogP contribution in [0.15, 0.2) is 18.2 Å². The number of benzene rings is 1. The van der Waals surface area contributed by atoms with Crippen LogP contribution in [0.3, 0.4) is 0 Å². The summed E-state index contributed by atoms with van der Waals surface area (Å²) in [6.07, 6.45) is 1.25. The average Bonchev–Trinajstić information content (AvgIpc) is 2.59. The van der Waals surface area contributed by atoms with Crippen LogP contribution in [0.2, 0.25) is 0 Å². The number of nitrogens with zero attached hydrogens (tertiary/aromatic N) is 1. The highest BCUT2D eigenvalue weighted by Gasteiger charge is 2.34. The summed E-state index contributed by atoms with van der Waals surface area (Å²) in [6, 6.07) is 5.74. The summed E-state index contributed by atoms with van der Waals surface area (Å²) >= 11 is 0. The fraction of sp³-hybridized carbons (Fsp3) is 0.632. The Morgan fingerprint density at radius 1 is 1.36 bits per heavy atom. The molecule has 2 heterocycles. The van der Waals surface area contributed by atoms with Crippen LogP contribution in [-0.2, 0) is 9.53 Å². The molecule has 0 bridgehead atoms. The van der Waals surface area contributed by atoms with E-state index in [1.54, 1.807) is 7.11 Å². The van der Waals surface area contributed by atoms with Crippen LogP contribution in [0.5, 0.6) is 11.5 Å². The maximum atomic E-state index is 12.5. The van der Waals surface area contributed by atoms with E-state index in [-0.39, 0.29) is 17.6 Å². The maximum Gasteiger partial charge on any atom is 0.221 e. The Morgan fingerprint density at radius 3 is 2.84 bits per heavy atom. The van der Waals surface area contributed by atoms with Gasteiger partial charge in [0, 0.05) is 44.1 Å². The molecule has 6 nitrogen and oxygen atoms in total. The van der Waals surface area contributed by atoms with Gasteiger partial charge < -0.3 is 19.5 Å². The number of morpholine rings is 1. The van der Waals surface area contributed by atoms with Crippen molar-refractivity contribution in [2.24, 2.45) is 0 Å². The van der Waals surface area contributed by atoms with E-state index in [9.17, 15) is 4.79 Å². The molecule has 6 heteroatoms. The number of methoxy groups -OCH3 is 1. The van der Waals surface area contributed by atoms with Gasteiger partial charge in [-0.2, -0.15) is 0 Å². The molecule has 2 aliphatic heterocycles. The molecule has 0 aliphatic carbocycles. The topological polar surface area (TPSA) is 60.0 Å². The molecule has 0 unspecified atom stereocenters. The van der Waals surface area contributed by atoms with Gasteiger partial charge in [0.1, 0.15) is 17.1 Å². The molecule has 25 heavy (non-hydrogen) atoms. The van der Waals surface area contributed by atoms with Gasteiger partial charge in [0.05, 0.1) is 26.4 Å². The van der Waals surface area contributed by atoms with E-state index in [2.05, 4.69) is 10.2 Å². The van der Waals surface area contributed by atoms with E-state index in [0.717, 1.165) is 56.3 Å². The minimum absolute atomic E-state index is 0.0400. The normalized spacial score (nSPS) is 22.6. The minimum atomic E-state index is -0.332. The minimum Gasteiger partial charge on any atom is -0.497 e. The highest BCUT2D eigenvalue weighted by atomic mass is 16.5. The molecular weight excluding hydrogens is 320 g/mol. The molecule has 2 aliphatic rings. The van der Waals surface area contributed by atoms with Gasteiger partial charge in [-0.1, -0.05) is 0 Å². The van der Waals surface area contributed by atoms with Crippen LogP contribution >= 0.6 is 0 Å². The van der Waals surface area contributed by atoms with Crippen LogP contribution in [0.4, 0.5) is 0 Å². The molecule has 1 saturated heterocycles. The Kier molecular flexibility index (Phi) is 5.49. The lowest BCUT2D eigenvalue weighted by Crippen LogP contribution is -2.42. The molecule has 1 aromatic rings. The fourth-order valence-corrected chi connectivity index (χ4v) is 3.44. The molecule has 1 fully saturated rings. The number of ether oxygens (including phenoxy) is 3. The van der Waals surface area contributed by atoms with Gasteiger partial charge in [-0.25, -0.2) is 0 Å². The highest BCUT2D eigenvalue weighted by molar-refractivity contribution is 5.77. The molecule has 138 valence electrons. The molecule has 1 N–H and O–H groups in total. The van der Waals surface area contributed by atoms with Crippen LogP contribution in [0.25, 0.3) is 0 Å². The molecule has 0 radical (unpaired) electrons. The number of hydrogen-bond acceptors (Lipinski definition) is 5. The molecule has 1 atom stereocenters. The average molecular weight is 348 g/mol. The molecule has 3 rings (SSSR count). The zero-order valence-electron chi connectivity index (χ0n) is 15.3. The highest BCUT2D eigenvalue weighted by Crippen LogP contribution is 2.41. The summed E-state index contributed by atoms with van der Waals surface area (Å²) in [4.78, 5) is 14.7. The van der Waals surface area contributed by atoms with Crippen molar-refractivity contribution in [3.63, 3.8) is 0 Å². The number of rotatable bonds is 5. The maximum absolute atomic E-state index is 12.5. The third-order valence-electron chi connectivity index (χ3n) is 4.77. The second kappa shape index (κ2) is 7.62. The Labute approximate surface area is 149 Å². The van der Waals surface area contributed by atoms with E-state index < -0.39 is 0 Å². The Bertz CT molecular complexity index is 611. The largest absolute Gasteiger partial charge is 0.497 e. The second-order valence-electron chi connectivity index (χ2n) is 7.29. The summed E-state index contributed by atoms with van der Waals surface area (Å²) in [5.74, 6) is 1.62. The zero-order valence-corrected chi connectivity index (χ0v) is 15.3. The first kappa shape index (κ1) is 18.0. The van der Waals surface area contributed by atoms with Crippen molar-refractivity contribution in [3.05, 3.63) is 23.8 Å². The van der Waals surface area contributed by atoms with Crippen LogP contribution < -0.4 is 14.8 Å². The monoisotopic (exact) mass is 348 g/mol. The number of fused-ring (bicyclic) bond motifs is 1. The van der Waals surface area contributed by atoms with Gasteiger partial charge in [0.25, 0.3) is 0 Å². The molecule has 0 spiro atoms. The molecule has 1 amide bonds. The van der Waals surface area contributed by atoms with Gasteiger partial charge in [0.15, 0.2) is 0 Å². The van der Waals surface area contributed by atoms with Crippen molar-refractivity contribution in [3.8, 4) is 11.5 Å². The van der Waals surface area contributed by atoms with Gasteiger partial charge in [-0.15, -0.1) is 0 Å². The molecule has 0 saturated carbocycles. The van der Waals surface area contributed by atoms with Crippen molar-refractivity contribution in [1.82, 2.24) is 10.2 Å². The molecule has 0 aromatic heterocycles. The number of carbonyl (C=O) groups excluding carboxylic acids is 1. The summed E-state index contributed by atoms with van der Waals surface area (Å²) in [7, 11) is 1.64. The SMILES string of the molecule is COc1ccc2c(c1)OC(C)(C)C[C@@H]2NC(=O)CCN1CCOCC1. The van der Waals surface area contributed by atoms with Crippen molar-refractivity contribution < 1.29 is 19.0 Å². The van der Waals surface area contributed by atoms with E-state index in [1.165, 1.54) is 0 Å². The summed E-state index contributed by atoms with van der Waals surface area (Å²) < 4.78 is 16.7. The lowest BCUT2D eigenvalue weighted by atomic mass is 9.89. The summed E-state index contributed by atoms with van der Waals surface area (Å²) in [5, 5.41) is 3.19. The van der Waals surface area contributed by atoms with Crippen molar-refractivity contribution >= 4 is 5.91 Å². The first-order valence-electron chi connectivity index (χ1n) is 8.93. The Balaban J connectivity index is 1.64. The Hall–Kier alpha value is -1.79. The second-order valence-corrected chi connectivity index (χ2v) is 7.29. The van der Waals surface area contributed by atoms with Crippen molar-refractivity contribution in [1.29, 1.82) is 0 Å². The third kappa shape index (κ3) is 4.64. The number of hydrogen-bond donors (Lipinski definition) is 1. The van der Waals surface area contributed by atoms with Crippen LogP contribution in [-0.4, -0.2) is 56.4 Å². The van der Waals surface area contributed by atoms with Crippen molar-refractivity contribution in [2.45, 2.75) is 38.3 Å². The Morgan fingerprint density at radius 2 is 2.12 bits per heavy atom. The van der Waals surface area contributed by atoms with Gasteiger partial charge in [0.2, 0.25) is 5.91 Å². The first-order valence-corrected chi connectivity index (χ1v) is 8.93. The van der Waals surface area contributed by atoms with Crippen molar-refractivity contribution in [2.75, 3.05) is 40.0 Å². The molecule has 1 aromatic carbocycles. The van der Waals surface area contributed by atoms with Gasteiger partial charge >= 0.3 is 0 Å². The number of carbonyl (C=O) groups is 1. The van der Waals surface area contributed by atoms with E-state index >= 15 is 0 Å². The zero-order chi connectivity index (χ0) is 17.9. The predicted octanol–water partition coefficient (Wildman–Crippen LogP) is 2.14. The predicted molar refractivity (Wildman–Crippen MR) is 95.1 cm³/mol. The lowest BCUT2D eigenvalue weighted by molar-refractivity contribution is -0.122. The summed E-state index contributed by atoms with van der Waals surface area (Å²) in [5.41, 5.74) is 0.682. The fourth-order valence-electron chi connectivity index (χ4n) is 3.44. The summed E-state index contributed by atoms with van der Waals surface area (Å²) in [6.45, 7) is 8.18.